The number of piperidine rings is 2. The third-order valence-corrected chi connectivity index (χ3v) is 5.61. The summed E-state index contributed by atoms with van der Waals surface area (Å²) in [5, 5.41) is 2.40. The number of carbonyl (C=O) groups excluding carboxylic acids is 3. The highest BCUT2D eigenvalue weighted by Gasteiger charge is 2.38. The number of likely N-dealkylation sites (tertiary alicyclic amines) is 2. The van der Waals surface area contributed by atoms with Crippen molar-refractivity contribution in [2.75, 3.05) is 26.2 Å². The second kappa shape index (κ2) is 6.36. The number of hydrogen-bond donors (Lipinski definition) is 1. The fourth-order valence-corrected chi connectivity index (χ4v) is 4.22. The van der Waals surface area contributed by atoms with Gasteiger partial charge in [-0.15, -0.1) is 0 Å². The SMILES string of the molecule is CC(=O)N1CCC(C2CCN(C3CC(=O)NC3=O)CC2)CC1. The quantitative estimate of drug-likeness (QED) is 0.749. The highest BCUT2D eigenvalue weighted by Crippen LogP contribution is 2.33. The Morgan fingerprint density at radius 2 is 1.55 bits per heavy atom. The summed E-state index contributed by atoms with van der Waals surface area (Å²) >= 11 is 0. The highest BCUT2D eigenvalue weighted by molar-refractivity contribution is 6.05. The van der Waals surface area contributed by atoms with Crippen LogP contribution in [0.1, 0.15) is 39.0 Å². The zero-order valence-corrected chi connectivity index (χ0v) is 13.2. The monoisotopic (exact) mass is 307 g/mol. The molecule has 3 saturated heterocycles. The van der Waals surface area contributed by atoms with Crippen LogP contribution in [0.15, 0.2) is 0 Å². The molecule has 0 spiro atoms. The van der Waals surface area contributed by atoms with Crippen molar-refractivity contribution >= 4 is 17.7 Å². The van der Waals surface area contributed by atoms with Crippen molar-refractivity contribution in [2.45, 2.75) is 45.1 Å². The molecule has 0 radical (unpaired) electrons. The number of nitrogens with one attached hydrogen (secondary N) is 1. The average molecular weight is 307 g/mol. The molecular weight excluding hydrogens is 282 g/mol. The molecule has 0 aliphatic carbocycles. The lowest BCUT2D eigenvalue weighted by molar-refractivity contribution is -0.130. The van der Waals surface area contributed by atoms with Crippen molar-refractivity contribution in [1.29, 1.82) is 0 Å². The minimum atomic E-state index is -0.243. The lowest BCUT2D eigenvalue weighted by Crippen LogP contribution is -2.47. The molecule has 3 rings (SSSR count). The third-order valence-electron chi connectivity index (χ3n) is 5.61. The smallest absolute Gasteiger partial charge is 0.244 e. The predicted molar refractivity (Wildman–Crippen MR) is 80.8 cm³/mol. The van der Waals surface area contributed by atoms with Crippen molar-refractivity contribution in [3.63, 3.8) is 0 Å². The summed E-state index contributed by atoms with van der Waals surface area (Å²) in [5.41, 5.74) is 0. The molecule has 6 nitrogen and oxygen atoms in total. The Morgan fingerprint density at radius 3 is 2.00 bits per heavy atom. The van der Waals surface area contributed by atoms with Gasteiger partial charge in [0.15, 0.2) is 0 Å². The zero-order valence-electron chi connectivity index (χ0n) is 13.2. The van der Waals surface area contributed by atoms with E-state index in [1.165, 1.54) is 0 Å². The van der Waals surface area contributed by atoms with Gasteiger partial charge in [-0.25, -0.2) is 0 Å². The first-order valence-electron chi connectivity index (χ1n) is 8.38. The maximum Gasteiger partial charge on any atom is 0.244 e. The molecule has 6 heteroatoms. The van der Waals surface area contributed by atoms with Gasteiger partial charge in [-0.1, -0.05) is 0 Å². The lowest BCUT2D eigenvalue weighted by Gasteiger charge is -2.41. The van der Waals surface area contributed by atoms with Crippen LogP contribution in [0.4, 0.5) is 0 Å². The number of nitrogens with zero attached hydrogens (tertiary/aromatic N) is 2. The summed E-state index contributed by atoms with van der Waals surface area (Å²) in [6, 6.07) is -0.243. The predicted octanol–water partition coefficient (Wildman–Crippen LogP) is 0.372. The Balaban J connectivity index is 1.47. The minimum absolute atomic E-state index is 0.127. The van der Waals surface area contributed by atoms with E-state index in [4.69, 9.17) is 0 Å². The van der Waals surface area contributed by atoms with Crippen LogP contribution in [0.5, 0.6) is 0 Å². The molecule has 3 amide bonds. The fourth-order valence-electron chi connectivity index (χ4n) is 4.22. The van der Waals surface area contributed by atoms with Crippen LogP contribution in [0.2, 0.25) is 0 Å². The molecule has 1 N–H and O–H groups in total. The average Bonchev–Trinajstić information content (AvgIpc) is 2.86. The Morgan fingerprint density at radius 1 is 1.00 bits per heavy atom. The standard InChI is InChI=1S/C16H25N3O3/c1-11(20)18-6-2-12(3-7-18)13-4-8-19(9-5-13)14-10-15(21)17-16(14)22/h12-14H,2-10H2,1H3,(H,17,21,22). The molecule has 22 heavy (non-hydrogen) atoms. The van der Waals surface area contributed by atoms with Crippen molar-refractivity contribution in [3.8, 4) is 0 Å². The van der Waals surface area contributed by atoms with Gasteiger partial charge in [-0.05, 0) is 50.6 Å². The molecule has 0 aromatic rings. The van der Waals surface area contributed by atoms with Gasteiger partial charge in [0.25, 0.3) is 0 Å². The first-order valence-corrected chi connectivity index (χ1v) is 8.38. The summed E-state index contributed by atoms with van der Waals surface area (Å²) in [4.78, 5) is 38.6. The number of imide groups is 1. The Labute approximate surface area is 131 Å². The number of hydrogen-bond acceptors (Lipinski definition) is 4. The van der Waals surface area contributed by atoms with Crippen LogP contribution in [-0.2, 0) is 14.4 Å². The fraction of sp³-hybridized carbons (Fsp3) is 0.812. The van der Waals surface area contributed by atoms with Gasteiger partial charge in [0, 0.05) is 20.0 Å². The molecule has 0 aromatic heterocycles. The maximum absolute atomic E-state index is 11.8. The molecule has 3 aliphatic heterocycles. The summed E-state index contributed by atoms with van der Waals surface area (Å²) in [7, 11) is 0. The van der Waals surface area contributed by atoms with Gasteiger partial charge in [0.2, 0.25) is 17.7 Å². The van der Waals surface area contributed by atoms with Gasteiger partial charge >= 0.3 is 0 Å². The van der Waals surface area contributed by atoms with Crippen LogP contribution in [0.3, 0.4) is 0 Å². The molecule has 1 atom stereocenters. The number of amides is 3. The van der Waals surface area contributed by atoms with Gasteiger partial charge < -0.3 is 4.90 Å². The number of carbonyl (C=O) groups is 3. The Kier molecular flexibility index (Phi) is 4.47. The summed E-state index contributed by atoms with van der Waals surface area (Å²) in [6.07, 6.45) is 4.73. The molecular formula is C16H25N3O3. The molecule has 3 fully saturated rings. The van der Waals surface area contributed by atoms with E-state index >= 15 is 0 Å². The van der Waals surface area contributed by atoms with E-state index < -0.39 is 0 Å². The normalized spacial score (nSPS) is 29.0. The van der Waals surface area contributed by atoms with Gasteiger partial charge in [-0.3, -0.25) is 24.6 Å². The lowest BCUT2D eigenvalue weighted by atomic mass is 9.78. The number of rotatable bonds is 2. The highest BCUT2D eigenvalue weighted by atomic mass is 16.2. The van der Waals surface area contributed by atoms with Crippen molar-refractivity contribution in [1.82, 2.24) is 15.1 Å². The minimum Gasteiger partial charge on any atom is -0.343 e. The molecule has 0 bridgehead atoms. The van der Waals surface area contributed by atoms with Gasteiger partial charge in [0.05, 0.1) is 12.5 Å². The summed E-state index contributed by atoms with van der Waals surface area (Å²) in [6.45, 7) is 5.23. The van der Waals surface area contributed by atoms with Crippen molar-refractivity contribution in [2.24, 2.45) is 11.8 Å². The van der Waals surface area contributed by atoms with E-state index in [0.29, 0.717) is 18.3 Å². The molecule has 122 valence electrons. The Hall–Kier alpha value is -1.43. The second-order valence-corrected chi connectivity index (χ2v) is 6.85. The third kappa shape index (κ3) is 3.16. The van der Waals surface area contributed by atoms with E-state index in [9.17, 15) is 14.4 Å². The van der Waals surface area contributed by atoms with Crippen LogP contribution < -0.4 is 5.32 Å². The maximum atomic E-state index is 11.8. The van der Waals surface area contributed by atoms with Crippen LogP contribution in [0, 0.1) is 11.8 Å². The first kappa shape index (κ1) is 15.5. The molecule has 0 aromatic carbocycles. The van der Waals surface area contributed by atoms with Crippen LogP contribution in [-0.4, -0.2) is 59.7 Å². The molecule has 1 unspecified atom stereocenters. The van der Waals surface area contributed by atoms with Gasteiger partial charge in [0.1, 0.15) is 0 Å². The van der Waals surface area contributed by atoms with Crippen LogP contribution >= 0.6 is 0 Å². The van der Waals surface area contributed by atoms with E-state index in [-0.39, 0.29) is 23.8 Å². The molecule has 3 heterocycles. The Bertz CT molecular complexity index is 463. The van der Waals surface area contributed by atoms with E-state index in [0.717, 1.165) is 51.9 Å². The first-order chi connectivity index (χ1) is 10.5. The zero-order chi connectivity index (χ0) is 15.7. The summed E-state index contributed by atoms with van der Waals surface area (Å²) in [5.74, 6) is 1.32. The largest absolute Gasteiger partial charge is 0.343 e. The topological polar surface area (TPSA) is 69.7 Å². The van der Waals surface area contributed by atoms with Crippen molar-refractivity contribution < 1.29 is 14.4 Å². The molecule has 3 aliphatic rings. The van der Waals surface area contributed by atoms with Crippen molar-refractivity contribution in [3.05, 3.63) is 0 Å². The van der Waals surface area contributed by atoms with E-state index in [2.05, 4.69) is 10.2 Å². The van der Waals surface area contributed by atoms with Crippen LogP contribution in [0.25, 0.3) is 0 Å². The van der Waals surface area contributed by atoms with E-state index in [1.807, 2.05) is 4.90 Å². The summed E-state index contributed by atoms with van der Waals surface area (Å²) < 4.78 is 0. The van der Waals surface area contributed by atoms with Gasteiger partial charge in [-0.2, -0.15) is 0 Å². The van der Waals surface area contributed by atoms with E-state index in [1.54, 1.807) is 6.92 Å². The molecule has 0 saturated carbocycles. The second-order valence-electron chi connectivity index (χ2n) is 6.85.